The van der Waals surface area contributed by atoms with Gasteiger partial charge in [-0.05, 0) is 57.4 Å². The van der Waals surface area contributed by atoms with Crippen molar-refractivity contribution >= 4 is 27.7 Å². The Balaban J connectivity index is 1.70. The highest BCUT2D eigenvalue weighted by Crippen LogP contribution is 2.51. The van der Waals surface area contributed by atoms with Crippen molar-refractivity contribution in [2.75, 3.05) is 31.1 Å². The monoisotopic (exact) mass is 501 g/mol. The van der Waals surface area contributed by atoms with Crippen LogP contribution >= 0.6 is 15.9 Å². The van der Waals surface area contributed by atoms with Gasteiger partial charge in [-0.1, -0.05) is 35.0 Å². The van der Waals surface area contributed by atoms with Gasteiger partial charge in [0.05, 0.1) is 11.9 Å². The van der Waals surface area contributed by atoms with Gasteiger partial charge in [0.25, 0.3) is 0 Å². The molecular weight excluding hydrogens is 470 g/mol. The van der Waals surface area contributed by atoms with Crippen LogP contribution in [0.5, 0.6) is 0 Å². The summed E-state index contributed by atoms with van der Waals surface area (Å²) >= 11 is 3.49. The van der Waals surface area contributed by atoms with E-state index in [2.05, 4.69) is 31.9 Å². The van der Waals surface area contributed by atoms with Crippen LogP contribution in [-0.2, 0) is 10.3 Å². The van der Waals surface area contributed by atoms with E-state index in [1.54, 1.807) is 11.1 Å². The molecule has 1 aromatic heterocycles. The number of nitrogens with zero attached hydrogens (tertiary/aromatic N) is 3. The average Bonchev–Trinajstić information content (AvgIpc) is 3.25. The van der Waals surface area contributed by atoms with E-state index in [-0.39, 0.29) is 6.09 Å². The number of carbonyl (C=O) groups is 1. The van der Waals surface area contributed by atoms with E-state index in [0.29, 0.717) is 13.1 Å². The number of amides is 1. The van der Waals surface area contributed by atoms with Crippen LogP contribution in [0.2, 0.25) is 0 Å². The lowest BCUT2D eigenvalue weighted by Crippen LogP contribution is -2.66. The fraction of sp³-hybridized carbons (Fsp3) is 0.520. The van der Waals surface area contributed by atoms with Crippen LogP contribution < -0.4 is 4.90 Å². The molecule has 6 nitrogen and oxygen atoms in total. The molecule has 2 aromatic rings. The minimum atomic E-state index is -1.31. The van der Waals surface area contributed by atoms with Crippen molar-refractivity contribution in [2.45, 2.75) is 51.7 Å². The van der Waals surface area contributed by atoms with Crippen LogP contribution in [0.4, 0.5) is 10.5 Å². The molecule has 172 valence electrons. The number of likely N-dealkylation sites (tertiary alicyclic amines) is 1. The van der Waals surface area contributed by atoms with Crippen LogP contribution in [0.25, 0.3) is 0 Å². The molecule has 2 fully saturated rings. The number of pyridine rings is 1. The van der Waals surface area contributed by atoms with Crippen molar-refractivity contribution in [2.24, 2.45) is 5.41 Å². The fourth-order valence-corrected chi connectivity index (χ4v) is 5.07. The first kappa shape index (κ1) is 23.1. The lowest BCUT2D eigenvalue weighted by atomic mass is 9.62. The third-order valence-electron chi connectivity index (χ3n) is 6.48. The second kappa shape index (κ2) is 8.34. The molecule has 2 aliphatic heterocycles. The molecule has 2 aliphatic rings. The molecule has 4 rings (SSSR count). The van der Waals surface area contributed by atoms with Gasteiger partial charge in [0, 0.05) is 47.8 Å². The van der Waals surface area contributed by atoms with Crippen LogP contribution in [0.1, 0.15) is 51.7 Å². The number of carbonyl (C=O) groups excluding carboxylic acids is 1. The van der Waals surface area contributed by atoms with Crippen molar-refractivity contribution in [1.82, 2.24) is 9.88 Å². The normalized spacial score (nSPS) is 19.9. The van der Waals surface area contributed by atoms with Gasteiger partial charge >= 0.3 is 6.09 Å². The van der Waals surface area contributed by atoms with Gasteiger partial charge < -0.3 is 19.6 Å². The number of rotatable bonds is 4. The summed E-state index contributed by atoms with van der Waals surface area (Å²) in [6, 6.07) is 9.81. The lowest BCUT2D eigenvalue weighted by Gasteiger charge is -2.56. The smallest absolute Gasteiger partial charge is 0.410 e. The van der Waals surface area contributed by atoms with Crippen LogP contribution in [-0.4, -0.2) is 52.9 Å². The molecule has 7 heteroatoms. The van der Waals surface area contributed by atoms with Crippen LogP contribution in [0.15, 0.2) is 47.2 Å². The number of ether oxygens (including phenoxy) is 1. The standard InChI is InChI=1S/C25H32BrN3O3/c1-23(2,3)32-22(30)29-16-24(4,17-29)25(31,18-7-9-20(26)10-8-18)19-13-21(15-27-14-19)28-11-5-6-12-28/h7-10,13-15,31H,5-6,11-12,16-17H2,1-4H3. The summed E-state index contributed by atoms with van der Waals surface area (Å²) in [6.07, 6.45) is 5.61. The second-order valence-corrected chi connectivity index (χ2v) is 11.2. The van der Waals surface area contributed by atoms with Gasteiger partial charge in [0.15, 0.2) is 0 Å². The highest BCUT2D eigenvalue weighted by atomic mass is 79.9. The Hall–Kier alpha value is -2.12. The second-order valence-electron chi connectivity index (χ2n) is 10.2. The highest BCUT2D eigenvalue weighted by Gasteiger charge is 2.58. The molecule has 0 radical (unpaired) electrons. The molecule has 0 bridgehead atoms. The maximum atomic E-state index is 12.6. The quantitative estimate of drug-likeness (QED) is 0.642. The Morgan fingerprint density at radius 3 is 2.31 bits per heavy atom. The van der Waals surface area contributed by atoms with Gasteiger partial charge in [-0.2, -0.15) is 0 Å². The van der Waals surface area contributed by atoms with Gasteiger partial charge in [-0.15, -0.1) is 0 Å². The zero-order chi connectivity index (χ0) is 23.1. The Morgan fingerprint density at radius 1 is 1.09 bits per heavy atom. The van der Waals surface area contributed by atoms with Gasteiger partial charge in [0.2, 0.25) is 0 Å². The summed E-state index contributed by atoms with van der Waals surface area (Å²) in [5.41, 5.74) is 0.0993. The summed E-state index contributed by atoms with van der Waals surface area (Å²) in [5, 5.41) is 12.4. The molecule has 0 spiro atoms. The maximum absolute atomic E-state index is 12.6. The van der Waals surface area contributed by atoms with Gasteiger partial charge in [-0.25, -0.2) is 4.79 Å². The third-order valence-corrected chi connectivity index (χ3v) is 7.01. The molecule has 3 heterocycles. The van der Waals surface area contributed by atoms with E-state index < -0.39 is 16.6 Å². The molecule has 0 aliphatic carbocycles. The molecular formula is C25H32BrN3O3. The topological polar surface area (TPSA) is 65.9 Å². The van der Waals surface area contributed by atoms with Crippen molar-refractivity contribution in [3.8, 4) is 0 Å². The number of anilines is 1. The molecule has 0 saturated carbocycles. The van der Waals surface area contributed by atoms with Crippen molar-refractivity contribution in [3.05, 3.63) is 58.3 Å². The minimum Gasteiger partial charge on any atom is -0.444 e. The summed E-state index contributed by atoms with van der Waals surface area (Å²) in [4.78, 5) is 21.1. The maximum Gasteiger partial charge on any atom is 0.410 e. The number of hydrogen-bond donors (Lipinski definition) is 1. The number of halogens is 1. The molecule has 32 heavy (non-hydrogen) atoms. The Morgan fingerprint density at radius 2 is 1.72 bits per heavy atom. The number of aromatic nitrogens is 1. The van der Waals surface area contributed by atoms with E-state index in [1.807, 2.05) is 58.2 Å². The van der Waals surface area contributed by atoms with Crippen molar-refractivity contribution in [3.63, 3.8) is 0 Å². The summed E-state index contributed by atoms with van der Waals surface area (Å²) < 4.78 is 6.49. The number of aliphatic hydroxyl groups is 1. The predicted octanol–water partition coefficient (Wildman–Crippen LogP) is 4.94. The SMILES string of the molecule is CC(C)(C)OC(=O)N1CC(C)(C(O)(c2ccc(Br)cc2)c2cncc(N3CCCC3)c2)C1. The first-order valence-electron chi connectivity index (χ1n) is 11.2. The lowest BCUT2D eigenvalue weighted by molar-refractivity contribution is -0.131. The van der Waals surface area contributed by atoms with E-state index in [0.717, 1.165) is 34.4 Å². The molecule has 2 saturated heterocycles. The first-order valence-corrected chi connectivity index (χ1v) is 12.0. The van der Waals surface area contributed by atoms with Crippen molar-refractivity contribution < 1.29 is 14.6 Å². The fourth-order valence-electron chi connectivity index (χ4n) is 4.81. The molecule has 1 N–H and O–H groups in total. The largest absolute Gasteiger partial charge is 0.444 e. The van der Waals surface area contributed by atoms with Crippen LogP contribution in [0.3, 0.4) is 0 Å². The first-order chi connectivity index (χ1) is 15.0. The van der Waals surface area contributed by atoms with E-state index in [1.165, 1.54) is 12.8 Å². The highest BCUT2D eigenvalue weighted by molar-refractivity contribution is 9.10. The van der Waals surface area contributed by atoms with Crippen LogP contribution in [0, 0.1) is 5.41 Å². The van der Waals surface area contributed by atoms with E-state index in [9.17, 15) is 9.90 Å². The summed E-state index contributed by atoms with van der Waals surface area (Å²) in [5.74, 6) is 0. The molecule has 1 amide bonds. The van der Waals surface area contributed by atoms with Crippen molar-refractivity contribution in [1.29, 1.82) is 0 Å². The number of benzene rings is 1. The third kappa shape index (κ3) is 4.25. The van der Waals surface area contributed by atoms with E-state index >= 15 is 0 Å². The minimum absolute atomic E-state index is 0.350. The number of hydrogen-bond acceptors (Lipinski definition) is 5. The van der Waals surface area contributed by atoms with Gasteiger partial charge in [0.1, 0.15) is 11.2 Å². The Labute approximate surface area is 198 Å². The van der Waals surface area contributed by atoms with E-state index in [4.69, 9.17) is 4.74 Å². The Bertz CT molecular complexity index is 977. The summed E-state index contributed by atoms with van der Waals surface area (Å²) in [6.45, 7) is 10.4. The van der Waals surface area contributed by atoms with Gasteiger partial charge in [-0.3, -0.25) is 4.98 Å². The zero-order valence-electron chi connectivity index (χ0n) is 19.3. The molecule has 1 unspecified atom stereocenters. The average molecular weight is 502 g/mol. The zero-order valence-corrected chi connectivity index (χ0v) is 20.9. The molecule has 1 aromatic carbocycles. The predicted molar refractivity (Wildman–Crippen MR) is 129 cm³/mol. The Kier molecular flexibility index (Phi) is 6.01. The summed E-state index contributed by atoms with van der Waals surface area (Å²) in [7, 11) is 0. The molecule has 1 atom stereocenters.